The summed E-state index contributed by atoms with van der Waals surface area (Å²) in [5.74, 6) is -0.325. The van der Waals surface area contributed by atoms with Gasteiger partial charge >= 0.3 is 0 Å². The Balaban J connectivity index is 2.21. The molecule has 1 fully saturated rings. The van der Waals surface area contributed by atoms with Crippen molar-refractivity contribution in [3.63, 3.8) is 0 Å². The highest BCUT2D eigenvalue weighted by atomic mass is 19.1. The van der Waals surface area contributed by atoms with Crippen LogP contribution in [0.2, 0.25) is 0 Å². The van der Waals surface area contributed by atoms with Crippen LogP contribution in [0.1, 0.15) is 12.8 Å². The van der Waals surface area contributed by atoms with E-state index in [4.69, 9.17) is 5.73 Å². The average Bonchev–Trinajstić information content (AvgIpc) is 2.17. The third-order valence-corrected chi connectivity index (χ3v) is 2.73. The second-order valence-corrected chi connectivity index (χ2v) is 3.95. The summed E-state index contributed by atoms with van der Waals surface area (Å²) in [4.78, 5) is 2.00. The molecule has 2 rings (SSSR count). The summed E-state index contributed by atoms with van der Waals surface area (Å²) < 4.78 is 12.8. The number of halogens is 1. The minimum Gasteiger partial charge on any atom is -0.397 e. The van der Waals surface area contributed by atoms with Gasteiger partial charge in [-0.25, -0.2) is 4.39 Å². The van der Waals surface area contributed by atoms with E-state index in [1.54, 1.807) is 6.07 Å². The van der Waals surface area contributed by atoms with Crippen molar-refractivity contribution < 1.29 is 9.50 Å². The summed E-state index contributed by atoms with van der Waals surface area (Å²) in [5.41, 5.74) is 6.98. The van der Waals surface area contributed by atoms with E-state index in [1.807, 2.05) is 4.90 Å². The van der Waals surface area contributed by atoms with Gasteiger partial charge < -0.3 is 15.7 Å². The largest absolute Gasteiger partial charge is 0.397 e. The van der Waals surface area contributed by atoms with Crippen molar-refractivity contribution >= 4 is 11.4 Å². The van der Waals surface area contributed by atoms with Gasteiger partial charge in [0.2, 0.25) is 0 Å². The van der Waals surface area contributed by atoms with Crippen molar-refractivity contribution in [2.24, 2.45) is 0 Å². The first-order valence-corrected chi connectivity index (χ1v) is 5.15. The molecule has 4 heteroatoms. The number of rotatable bonds is 1. The molecule has 15 heavy (non-hydrogen) atoms. The van der Waals surface area contributed by atoms with E-state index in [2.05, 4.69) is 0 Å². The van der Waals surface area contributed by atoms with E-state index in [1.165, 1.54) is 12.1 Å². The van der Waals surface area contributed by atoms with E-state index in [0.29, 0.717) is 12.2 Å². The van der Waals surface area contributed by atoms with E-state index >= 15 is 0 Å². The molecular formula is C11H15FN2O. The summed E-state index contributed by atoms with van der Waals surface area (Å²) >= 11 is 0. The zero-order chi connectivity index (χ0) is 10.8. The Kier molecular flexibility index (Phi) is 2.77. The monoisotopic (exact) mass is 210 g/mol. The van der Waals surface area contributed by atoms with Gasteiger partial charge in [-0.15, -0.1) is 0 Å². The number of piperidine rings is 1. The first-order chi connectivity index (χ1) is 7.16. The Labute approximate surface area is 88.3 Å². The number of nitrogens with two attached hydrogens (primary N) is 1. The molecule has 3 nitrogen and oxygen atoms in total. The van der Waals surface area contributed by atoms with Crippen molar-refractivity contribution in [2.45, 2.75) is 18.9 Å². The maximum atomic E-state index is 12.8. The lowest BCUT2D eigenvalue weighted by molar-refractivity contribution is 0.154. The molecule has 1 atom stereocenters. The number of anilines is 2. The van der Waals surface area contributed by atoms with Crippen LogP contribution < -0.4 is 10.6 Å². The third kappa shape index (κ3) is 2.21. The van der Waals surface area contributed by atoms with Gasteiger partial charge in [0, 0.05) is 13.1 Å². The summed E-state index contributed by atoms with van der Waals surface area (Å²) in [6, 6.07) is 4.38. The van der Waals surface area contributed by atoms with Crippen molar-refractivity contribution in [1.29, 1.82) is 0 Å². The second-order valence-electron chi connectivity index (χ2n) is 3.95. The number of hydrogen-bond donors (Lipinski definition) is 2. The van der Waals surface area contributed by atoms with Gasteiger partial charge in [-0.3, -0.25) is 0 Å². The summed E-state index contributed by atoms with van der Waals surface area (Å²) in [6.45, 7) is 1.45. The number of nitrogens with zero attached hydrogens (tertiary/aromatic N) is 1. The maximum Gasteiger partial charge on any atom is 0.125 e. The van der Waals surface area contributed by atoms with Crippen LogP contribution in [0.5, 0.6) is 0 Å². The molecular weight excluding hydrogens is 195 g/mol. The quantitative estimate of drug-likeness (QED) is 0.688. The number of β-amino-alcohol motifs (C(OH)–C–C–N with tert-alkyl or cyclic N) is 1. The fourth-order valence-electron chi connectivity index (χ4n) is 1.99. The molecule has 0 aliphatic carbocycles. The van der Waals surface area contributed by atoms with Crippen LogP contribution >= 0.6 is 0 Å². The number of aliphatic hydroxyl groups excluding tert-OH is 1. The fraction of sp³-hybridized carbons (Fsp3) is 0.455. The minimum absolute atomic E-state index is 0.303. The Morgan fingerprint density at radius 3 is 2.93 bits per heavy atom. The van der Waals surface area contributed by atoms with Gasteiger partial charge in [-0.2, -0.15) is 0 Å². The molecule has 1 saturated heterocycles. The summed E-state index contributed by atoms with van der Waals surface area (Å²) in [5, 5.41) is 9.53. The molecule has 0 aromatic heterocycles. The maximum absolute atomic E-state index is 12.8. The Hall–Kier alpha value is -1.29. The molecule has 1 aliphatic heterocycles. The molecule has 0 bridgehead atoms. The van der Waals surface area contributed by atoms with Crippen molar-refractivity contribution in [2.75, 3.05) is 23.7 Å². The molecule has 1 aromatic rings. The van der Waals surface area contributed by atoms with Crippen LogP contribution in [-0.4, -0.2) is 24.3 Å². The molecule has 1 aliphatic rings. The normalized spacial score (nSPS) is 21.7. The van der Waals surface area contributed by atoms with Crippen LogP contribution in [0.4, 0.5) is 15.8 Å². The van der Waals surface area contributed by atoms with Crippen molar-refractivity contribution in [3.8, 4) is 0 Å². The van der Waals surface area contributed by atoms with E-state index in [9.17, 15) is 9.50 Å². The highest BCUT2D eigenvalue weighted by Gasteiger charge is 2.19. The first kappa shape index (κ1) is 10.2. The molecule has 1 unspecified atom stereocenters. The number of benzene rings is 1. The van der Waals surface area contributed by atoms with Crippen molar-refractivity contribution in [1.82, 2.24) is 0 Å². The lowest BCUT2D eigenvalue weighted by atomic mass is 10.1. The van der Waals surface area contributed by atoms with E-state index in [-0.39, 0.29) is 11.9 Å². The number of aliphatic hydroxyl groups is 1. The molecule has 3 N–H and O–H groups in total. The second kappa shape index (κ2) is 4.06. The minimum atomic E-state index is -0.325. The predicted molar refractivity (Wildman–Crippen MR) is 58.3 cm³/mol. The number of hydrogen-bond acceptors (Lipinski definition) is 3. The standard InChI is InChI=1S/C11H15FN2O/c12-8-3-4-11(10(13)6-8)14-5-1-2-9(15)7-14/h3-4,6,9,15H,1-2,5,7,13H2. The van der Waals surface area contributed by atoms with Gasteiger partial charge in [-0.05, 0) is 31.0 Å². The fourth-order valence-corrected chi connectivity index (χ4v) is 1.99. The zero-order valence-corrected chi connectivity index (χ0v) is 8.49. The zero-order valence-electron chi connectivity index (χ0n) is 8.49. The lowest BCUT2D eigenvalue weighted by Gasteiger charge is -2.32. The Morgan fingerprint density at radius 2 is 2.27 bits per heavy atom. The van der Waals surface area contributed by atoms with Gasteiger partial charge in [0.05, 0.1) is 17.5 Å². The first-order valence-electron chi connectivity index (χ1n) is 5.15. The Bertz CT molecular complexity index is 356. The molecule has 82 valence electrons. The molecule has 1 heterocycles. The van der Waals surface area contributed by atoms with Gasteiger partial charge in [0.1, 0.15) is 5.82 Å². The average molecular weight is 210 g/mol. The number of nitrogen functional groups attached to an aromatic ring is 1. The van der Waals surface area contributed by atoms with Crippen LogP contribution in [0.15, 0.2) is 18.2 Å². The summed E-state index contributed by atoms with van der Waals surface area (Å²) in [6.07, 6.45) is 1.47. The molecule has 1 aromatic carbocycles. The van der Waals surface area contributed by atoms with Crippen LogP contribution in [0.25, 0.3) is 0 Å². The van der Waals surface area contributed by atoms with Gasteiger partial charge in [-0.1, -0.05) is 0 Å². The smallest absolute Gasteiger partial charge is 0.125 e. The highest BCUT2D eigenvalue weighted by molar-refractivity contribution is 5.67. The van der Waals surface area contributed by atoms with Crippen LogP contribution in [-0.2, 0) is 0 Å². The van der Waals surface area contributed by atoms with Crippen LogP contribution in [0.3, 0.4) is 0 Å². The van der Waals surface area contributed by atoms with E-state index in [0.717, 1.165) is 25.1 Å². The lowest BCUT2D eigenvalue weighted by Crippen LogP contribution is -2.38. The van der Waals surface area contributed by atoms with Gasteiger partial charge in [0.25, 0.3) is 0 Å². The SMILES string of the molecule is Nc1cc(F)ccc1N1CCCC(O)C1. The molecule has 0 saturated carbocycles. The topological polar surface area (TPSA) is 49.5 Å². The predicted octanol–water partition coefficient (Wildman–Crippen LogP) is 1.37. The summed E-state index contributed by atoms with van der Waals surface area (Å²) in [7, 11) is 0. The third-order valence-electron chi connectivity index (χ3n) is 2.73. The van der Waals surface area contributed by atoms with Crippen LogP contribution in [0, 0.1) is 5.82 Å². The van der Waals surface area contributed by atoms with Gasteiger partial charge in [0.15, 0.2) is 0 Å². The van der Waals surface area contributed by atoms with E-state index < -0.39 is 0 Å². The molecule has 0 spiro atoms. The van der Waals surface area contributed by atoms with Crippen molar-refractivity contribution in [3.05, 3.63) is 24.0 Å². The molecule has 0 radical (unpaired) electrons. The highest BCUT2D eigenvalue weighted by Crippen LogP contribution is 2.26. The Morgan fingerprint density at radius 1 is 1.47 bits per heavy atom. The molecule has 0 amide bonds.